The molecule has 1 aromatic heterocycles. The summed E-state index contributed by atoms with van der Waals surface area (Å²) in [6.45, 7) is 2.17. The van der Waals surface area contributed by atoms with Gasteiger partial charge in [-0.05, 0) is 56.8 Å². The number of amides is 1. The summed E-state index contributed by atoms with van der Waals surface area (Å²) in [6, 6.07) is 0. The summed E-state index contributed by atoms with van der Waals surface area (Å²) < 4.78 is 0.210. The van der Waals surface area contributed by atoms with E-state index in [0.29, 0.717) is 5.13 Å². The molecule has 4 nitrogen and oxygen atoms in total. The summed E-state index contributed by atoms with van der Waals surface area (Å²) in [4.78, 5) is 13.0. The molecule has 4 aliphatic rings. The molecule has 5 rings (SSSR count). The second-order valence-electron chi connectivity index (χ2n) is 7.95. The highest BCUT2D eigenvalue weighted by molar-refractivity contribution is 9.10. The number of carbonyl (C=O) groups excluding carboxylic acids is 1. The average Bonchev–Trinajstić information content (AvgIpc) is 2.90. The summed E-state index contributed by atoms with van der Waals surface area (Å²) in [6.07, 6.45) is 10.2. The number of unbranched alkanes of at least 4 members (excludes halogenated alkanes) is 1. The van der Waals surface area contributed by atoms with E-state index in [9.17, 15) is 4.79 Å². The zero-order valence-electron chi connectivity index (χ0n) is 13.6. The third kappa shape index (κ3) is 2.97. The van der Waals surface area contributed by atoms with Crippen LogP contribution in [0.3, 0.4) is 0 Å². The van der Waals surface area contributed by atoms with Gasteiger partial charge in [-0.1, -0.05) is 40.6 Å². The predicted octanol–water partition coefficient (Wildman–Crippen LogP) is 4.55. The summed E-state index contributed by atoms with van der Waals surface area (Å²) in [5, 5.41) is 13.2. The Kier molecular flexibility index (Phi) is 4.03. The molecule has 4 aliphatic carbocycles. The predicted molar refractivity (Wildman–Crippen MR) is 95.9 cm³/mol. The van der Waals surface area contributed by atoms with Gasteiger partial charge in [-0.2, -0.15) is 0 Å². The molecule has 2 atom stereocenters. The lowest BCUT2D eigenvalue weighted by Crippen LogP contribution is -2.57. The molecule has 4 fully saturated rings. The van der Waals surface area contributed by atoms with E-state index in [-0.39, 0.29) is 15.6 Å². The molecule has 0 spiro atoms. The van der Waals surface area contributed by atoms with Crippen molar-refractivity contribution in [3.8, 4) is 0 Å². The summed E-state index contributed by atoms with van der Waals surface area (Å²) in [7, 11) is 0. The number of alkyl halides is 1. The smallest absolute Gasteiger partial charge is 0.232 e. The number of carbonyl (C=O) groups is 1. The Balaban J connectivity index is 1.47. The first-order valence-electron chi connectivity index (χ1n) is 8.83. The van der Waals surface area contributed by atoms with E-state index in [1.807, 2.05) is 0 Å². The van der Waals surface area contributed by atoms with Gasteiger partial charge >= 0.3 is 0 Å². The van der Waals surface area contributed by atoms with Gasteiger partial charge in [-0.3, -0.25) is 4.79 Å². The van der Waals surface area contributed by atoms with Gasteiger partial charge in [0.25, 0.3) is 0 Å². The molecule has 0 saturated heterocycles. The summed E-state index contributed by atoms with van der Waals surface area (Å²) >= 11 is 5.51. The molecule has 126 valence electrons. The van der Waals surface area contributed by atoms with Crippen LogP contribution < -0.4 is 5.32 Å². The second-order valence-corrected chi connectivity index (χ2v) is 10.7. The molecule has 2 unspecified atom stereocenters. The van der Waals surface area contributed by atoms with Crippen molar-refractivity contribution < 1.29 is 4.79 Å². The second kappa shape index (κ2) is 5.80. The molecule has 4 saturated carbocycles. The lowest BCUT2D eigenvalue weighted by atomic mass is 9.49. The van der Waals surface area contributed by atoms with Crippen LogP contribution in [0.2, 0.25) is 0 Å². The number of halogens is 1. The maximum atomic E-state index is 13.0. The van der Waals surface area contributed by atoms with Gasteiger partial charge in [-0.15, -0.1) is 10.2 Å². The molecule has 0 aliphatic heterocycles. The van der Waals surface area contributed by atoms with Crippen molar-refractivity contribution in [2.24, 2.45) is 17.3 Å². The molecule has 0 radical (unpaired) electrons. The van der Waals surface area contributed by atoms with Crippen LogP contribution in [-0.2, 0) is 11.2 Å². The highest BCUT2D eigenvalue weighted by Gasteiger charge is 2.59. The van der Waals surface area contributed by atoms with E-state index < -0.39 is 0 Å². The molecule has 6 heteroatoms. The van der Waals surface area contributed by atoms with Gasteiger partial charge in [0.2, 0.25) is 11.0 Å². The van der Waals surface area contributed by atoms with Gasteiger partial charge in [-0.25, -0.2) is 0 Å². The average molecular weight is 398 g/mol. The SMILES string of the molecule is CCCCc1nnc(NC(=O)C23CC4CC(CC(Br)(C4)C2)C3)s1. The quantitative estimate of drug-likeness (QED) is 0.741. The first kappa shape index (κ1) is 16.0. The molecule has 23 heavy (non-hydrogen) atoms. The zero-order chi connectivity index (χ0) is 16.1. The Labute approximate surface area is 150 Å². The monoisotopic (exact) mass is 397 g/mol. The van der Waals surface area contributed by atoms with Gasteiger partial charge in [0, 0.05) is 10.7 Å². The number of anilines is 1. The zero-order valence-corrected chi connectivity index (χ0v) is 16.0. The number of nitrogens with one attached hydrogen (secondary N) is 1. The standard InChI is InChI=1S/C17H24BrN3OS/c1-2-3-4-13-20-21-15(23-13)19-14(22)16-6-11-5-12(7-16)9-17(18,8-11)10-16/h11-12H,2-10H2,1H3,(H,19,21,22). The van der Waals surface area contributed by atoms with Crippen molar-refractivity contribution in [2.45, 2.75) is 69.0 Å². The van der Waals surface area contributed by atoms with Crippen molar-refractivity contribution in [2.75, 3.05) is 5.32 Å². The Morgan fingerprint density at radius 1 is 1.30 bits per heavy atom. The first-order valence-corrected chi connectivity index (χ1v) is 10.4. The minimum Gasteiger partial charge on any atom is -0.300 e. The number of hydrogen-bond donors (Lipinski definition) is 1. The summed E-state index contributed by atoms with van der Waals surface area (Å²) in [5.41, 5.74) is -0.178. The van der Waals surface area contributed by atoms with Crippen LogP contribution in [-0.4, -0.2) is 20.4 Å². The Hall–Kier alpha value is -0.490. The summed E-state index contributed by atoms with van der Waals surface area (Å²) in [5.74, 6) is 1.63. The van der Waals surface area contributed by atoms with Gasteiger partial charge in [0.15, 0.2) is 0 Å². The number of aromatic nitrogens is 2. The molecular weight excluding hydrogens is 374 g/mol. The van der Waals surface area contributed by atoms with Crippen molar-refractivity contribution in [1.29, 1.82) is 0 Å². The number of hydrogen-bond acceptors (Lipinski definition) is 4. The lowest BCUT2D eigenvalue weighted by molar-refractivity contribution is -0.138. The van der Waals surface area contributed by atoms with Crippen LogP contribution >= 0.6 is 27.3 Å². The van der Waals surface area contributed by atoms with Crippen molar-refractivity contribution in [1.82, 2.24) is 10.2 Å². The van der Waals surface area contributed by atoms with Crippen LogP contribution in [0.1, 0.15) is 63.3 Å². The Morgan fingerprint density at radius 3 is 2.70 bits per heavy atom. The van der Waals surface area contributed by atoms with Crippen LogP contribution in [0, 0.1) is 17.3 Å². The molecule has 1 amide bonds. The van der Waals surface area contributed by atoms with Crippen LogP contribution in [0.5, 0.6) is 0 Å². The van der Waals surface area contributed by atoms with Crippen molar-refractivity contribution in [3.05, 3.63) is 5.01 Å². The third-order valence-electron chi connectivity index (χ3n) is 5.90. The van der Waals surface area contributed by atoms with Crippen molar-refractivity contribution in [3.63, 3.8) is 0 Å². The number of aryl methyl sites for hydroxylation is 1. The Morgan fingerprint density at radius 2 is 2.04 bits per heavy atom. The maximum Gasteiger partial charge on any atom is 0.232 e. The Bertz CT molecular complexity index is 603. The first-order chi connectivity index (χ1) is 11.0. The van der Waals surface area contributed by atoms with Crippen molar-refractivity contribution >= 4 is 38.3 Å². The largest absolute Gasteiger partial charge is 0.300 e. The fourth-order valence-corrected chi connectivity index (χ4v) is 7.61. The number of rotatable bonds is 5. The van der Waals surface area contributed by atoms with Crippen LogP contribution in [0.4, 0.5) is 5.13 Å². The maximum absolute atomic E-state index is 13.0. The molecular formula is C17H24BrN3OS. The fourth-order valence-electron chi connectivity index (χ4n) is 5.38. The topological polar surface area (TPSA) is 54.9 Å². The third-order valence-corrected chi connectivity index (χ3v) is 7.73. The van der Waals surface area contributed by atoms with Gasteiger partial charge in [0.05, 0.1) is 5.41 Å². The van der Waals surface area contributed by atoms with Gasteiger partial charge < -0.3 is 5.32 Å². The minimum absolute atomic E-state index is 0.178. The van der Waals surface area contributed by atoms with E-state index in [2.05, 4.69) is 38.4 Å². The molecule has 4 bridgehead atoms. The van der Waals surface area contributed by atoms with Crippen LogP contribution in [0.15, 0.2) is 0 Å². The van der Waals surface area contributed by atoms with E-state index in [4.69, 9.17) is 0 Å². The van der Waals surface area contributed by atoms with E-state index in [1.165, 1.54) is 30.6 Å². The molecule has 1 N–H and O–H groups in total. The normalized spacial score (nSPS) is 38.0. The van der Waals surface area contributed by atoms with Crippen LogP contribution in [0.25, 0.3) is 0 Å². The van der Waals surface area contributed by atoms with E-state index in [0.717, 1.165) is 55.4 Å². The van der Waals surface area contributed by atoms with E-state index in [1.54, 1.807) is 0 Å². The number of nitrogens with zero attached hydrogens (tertiary/aromatic N) is 2. The molecule has 1 aromatic rings. The lowest BCUT2D eigenvalue weighted by Gasteiger charge is -2.59. The van der Waals surface area contributed by atoms with E-state index >= 15 is 0 Å². The highest BCUT2D eigenvalue weighted by Crippen LogP contribution is 2.64. The highest BCUT2D eigenvalue weighted by atomic mass is 79.9. The molecule has 1 heterocycles. The minimum atomic E-state index is -0.178. The molecule has 0 aromatic carbocycles. The van der Waals surface area contributed by atoms with Gasteiger partial charge in [0.1, 0.15) is 5.01 Å². The fraction of sp³-hybridized carbons (Fsp3) is 0.824.